The summed E-state index contributed by atoms with van der Waals surface area (Å²) in [5, 5.41) is 4.58. The van der Waals surface area contributed by atoms with Gasteiger partial charge in [-0.15, -0.1) is 0 Å². The molecule has 0 bridgehead atoms. The number of nitrogens with zero attached hydrogens (tertiary/aromatic N) is 5. The van der Waals surface area contributed by atoms with E-state index in [0.717, 1.165) is 24.2 Å². The third-order valence-electron chi connectivity index (χ3n) is 6.49. The topological polar surface area (TPSA) is 111 Å². The summed E-state index contributed by atoms with van der Waals surface area (Å²) in [5.41, 5.74) is 7.52. The first kappa shape index (κ1) is 25.3. The number of carbonyl (C=O) groups excluding carboxylic acids is 1. The number of anilines is 1. The number of aromatic nitrogens is 4. The number of ether oxygens (including phenoxy) is 1. The molecule has 4 aromatic rings. The van der Waals surface area contributed by atoms with Crippen LogP contribution in [0, 0.1) is 0 Å². The molecule has 2 aromatic carbocycles. The number of benzene rings is 2. The van der Waals surface area contributed by atoms with E-state index in [1.807, 2.05) is 53.1 Å². The molecule has 1 aliphatic rings. The van der Waals surface area contributed by atoms with Gasteiger partial charge >= 0.3 is 6.09 Å². The van der Waals surface area contributed by atoms with E-state index in [0.29, 0.717) is 58.8 Å². The van der Waals surface area contributed by atoms with Gasteiger partial charge in [-0.25, -0.2) is 19.7 Å². The Labute approximate surface area is 224 Å². The first-order valence-corrected chi connectivity index (χ1v) is 12.9. The van der Waals surface area contributed by atoms with Crippen LogP contribution in [0.5, 0.6) is 0 Å². The molecule has 0 aliphatic carbocycles. The average Bonchev–Trinajstić information content (AvgIpc) is 3.28. The van der Waals surface area contributed by atoms with E-state index >= 15 is 0 Å². The molecule has 2 aromatic heterocycles. The van der Waals surface area contributed by atoms with Crippen molar-refractivity contribution in [2.75, 3.05) is 24.5 Å². The molecule has 1 saturated heterocycles. The van der Waals surface area contributed by atoms with Gasteiger partial charge in [0.2, 0.25) is 0 Å². The van der Waals surface area contributed by atoms with E-state index in [4.69, 9.17) is 38.7 Å². The molecule has 0 radical (unpaired) electrons. The van der Waals surface area contributed by atoms with Gasteiger partial charge in [0.05, 0.1) is 5.02 Å². The highest BCUT2D eigenvalue weighted by Gasteiger charge is 2.38. The van der Waals surface area contributed by atoms with Crippen molar-refractivity contribution in [3.8, 4) is 17.1 Å². The van der Waals surface area contributed by atoms with Crippen molar-refractivity contribution in [1.82, 2.24) is 24.8 Å². The van der Waals surface area contributed by atoms with Crippen LogP contribution in [0.4, 0.5) is 10.6 Å². The predicted octanol–water partition coefficient (Wildman–Crippen LogP) is 5.18. The van der Waals surface area contributed by atoms with Gasteiger partial charge in [-0.05, 0) is 49.4 Å². The summed E-state index contributed by atoms with van der Waals surface area (Å²) in [7, 11) is 0. The zero-order valence-electron chi connectivity index (χ0n) is 20.3. The van der Waals surface area contributed by atoms with Gasteiger partial charge in [-0.2, -0.15) is 0 Å². The van der Waals surface area contributed by atoms with Crippen molar-refractivity contribution in [1.29, 1.82) is 0 Å². The highest BCUT2D eigenvalue weighted by molar-refractivity contribution is 6.33. The lowest BCUT2D eigenvalue weighted by molar-refractivity contribution is -0.0293. The first-order valence-electron chi connectivity index (χ1n) is 12.1. The molecule has 0 atom stereocenters. The summed E-state index contributed by atoms with van der Waals surface area (Å²) < 4.78 is 7.50. The Hall–Kier alpha value is -3.40. The molecule has 3 N–H and O–H groups in total. The standard InChI is InChI=1S/C26H27Cl2N7O2/c1-2-13-32-26(37-25(29)36)11-14-34(15-12-26)23-21-24(31-16-30-23)35(18-9-7-17(27)8-10-18)22(33-21)19-5-3-4-6-20(19)28/h3-10,16,32H,2,11-15H2,1H3,(H2,29,36). The van der Waals surface area contributed by atoms with Gasteiger partial charge in [0, 0.05) is 42.2 Å². The number of imidazole rings is 1. The molecule has 9 nitrogen and oxygen atoms in total. The maximum Gasteiger partial charge on any atom is 0.406 e. The van der Waals surface area contributed by atoms with Crippen molar-refractivity contribution in [2.24, 2.45) is 5.73 Å². The van der Waals surface area contributed by atoms with E-state index < -0.39 is 11.8 Å². The smallest absolute Gasteiger partial charge is 0.406 e. The molecule has 0 spiro atoms. The molecule has 192 valence electrons. The van der Waals surface area contributed by atoms with Crippen LogP contribution in [0.15, 0.2) is 54.9 Å². The minimum Gasteiger partial charge on any atom is -0.428 e. The maximum absolute atomic E-state index is 11.6. The summed E-state index contributed by atoms with van der Waals surface area (Å²) in [5.74, 6) is 1.35. The van der Waals surface area contributed by atoms with E-state index in [-0.39, 0.29) is 0 Å². The number of fused-ring (bicyclic) bond motifs is 1. The van der Waals surface area contributed by atoms with Crippen LogP contribution < -0.4 is 16.0 Å². The number of rotatable bonds is 7. The number of primary amides is 1. The highest BCUT2D eigenvalue weighted by atomic mass is 35.5. The van der Waals surface area contributed by atoms with E-state index in [9.17, 15) is 4.79 Å². The zero-order chi connectivity index (χ0) is 26.0. The minimum absolute atomic E-state index is 0.552. The Morgan fingerprint density at radius 3 is 2.51 bits per heavy atom. The van der Waals surface area contributed by atoms with Crippen LogP contribution in [-0.2, 0) is 4.74 Å². The fourth-order valence-electron chi connectivity index (χ4n) is 4.71. The zero-order valence-corrected chi connectivity index (χ0v) is 21.8. The van der Waals surface area contributed by atoms with Crippen LogP contribution in [0.25, 0.3) is 28.2 Å². The Morgan fingerprint density at radius 2 is 1.84 bits per heavy atom. The van der Waals surface area contributed by atoms with E-state index in [2.05, 4.69) is 27.1 Å². The van der Waals surface area contributed by atoms with Crippen LogP contribution >= 0.6 is 23.2 Å². The Bertz CT molecular complexity index is 1420. The van der Waals surface area contributed by atoms with Gasteiger partial charge in [-0.3, -0.25) is 9.88 Å². The highest BCUT2D eigenvalue weighted by Crippen LogP contribution is 2.36. The number of nitrogens with one attached hydrogen (secondary N) is 1. The predicted molar refractivity (Wildman–Crippen MR) is 145 cm³/mol. The Balaban J connectivity index is 1.58. The number of halogens is 2. The summed E-state index contributed by atoms with van der Waals surface area (Å²) in [6.07, 6.45) is 2.77. The lowest BCUT2D eigenvalue weighted by Gasteiger charge is -2.41. The normalized spacial score (nSPS) is 15.2. The molecule has 0 unspecified atom stereocenters. The molecular formula is C26H27Cl2N7O2. The van der Waals surface area contributed by atoms with Gasteiger partial charge < -0.3 is 15.4 Å². The van der Waals surface area contributed by atoms with Crippen molar-refractivity contribution in [3.05, 3.63) is 64.9 Å². The van der Waals surface area contributed by atoms with Crippen LogP contribution in [0.2, 0.25) is 10.0 Å². The summed E-state index contributed by atoms with van der Waals surface area (Å²) in [4.78, 5) is 28.0. The maximum atomic E-state index is 11.6. The van der Waals surface area contributed by atoms with Gasteiger partial charge in [-0.1, -0.05) is 42.3 Å². The first-order chi connectivity index (χ1) is 17.9. The quantitative estimate of drug-likeness (QED) is 0.311. The second kappa shape index (κ2) is 10.5. The number of piperidine rings is 1. The van der Waals surface area contributed by atoms with Gasteiger partial charge in [0.15, 0.2) is 22.7 Å². The summed E-state index contributed by atoms with van der Waals surface area (Å²) in [6.45, 7) is 3.96. The van der Waals surface area contributed by atoms with Crippen LogP contribution in [0.3, 0.4) is 0 Å². The van der Waals surface area contributed by atoms with Crippen LogP contribution in [0.1, 0.15) is 26.2 Å². The lowest BCUT2D eigenvalue weighted by Crippen LogP contribution is -2.57. The van der Waals surface area contributed by atoms with E-state index in [1.165, 1.54) is 0 Å². The van der Waals surface area contributed by atoms with Gasteiger partial charge in [0.25, 0.3) is 0 Å². The van der Waals surface area contributed by atoms with Crippen molar-refractivity contribution >= 4 is 46.3 Å². The number of hydrogen-bond donors (Lipinski definition) is 2. The second-order valence-corrected chi connectivity index (χ2v) is 9.77. The number of carbonyl (C=O) groups is 1. The molecule has 11 heteroatoms. The van der Waals surface area contributed by atoms with Crippen molar-refractivity contribution in [2.45, 2.75) is 31.9 Å². The molecule has 1 fully saturated rings. The third kappa shape index (κ3) is 5.07. The fourth-order valence-corrected chi connectivity index (χ4v) is 5.06. The monoisotopic (exact) mass is 539 g/mol. The van der Waals surface area contributed by atoms with E-state index in [1.54, 1.807) is 6.33 Å². The summed E-state index contributed by atoms with van der Waals surface area (Å²) in [6, 6.07) is 15.1. The minimum atomic E-state index is -0.796. The molecular weight excluding hydrogens is 513 g/mol. The third-order valence-corrected chi connectivity index (χ3v) is 7.07. The van der Waals surface area contributed by atoms with Crippen molar-refractivity contribution in [3.63, 3.8) is 0 Å². The van der Waals surface area contributed by atoms with Crippen LogP contribution in [-0.4, -0.2) is 51.0 Å². The molecule has 0 saturated carbocycles. The fraction of sp³-hybridized carbons (Fsp3) is 0.308. The van der Waals surface area contributed by atoms with Gasteiger partial charge in [0.1, 0.15) is 12.2 Å². The SMILES string of the molecule is CCCNC1(OC(N)=O)CCN(c2ncnc3c2nc(-c2ccccc2Cl)n3-c2ccc(Cl)cc2)CC1. The van der Waals surface area contributed by atoms with Crippen molar-refractivity contribution < 1.29 is 9.53 Å². The molecule has 1 amide bonds. The molecule has 37 heavy (non-hydrogen) atoms. The second-order valence-electron chi connectivity index (χ2n) is 8.93. The largest absolute Gasteiger partial charge is 0.428 e. The Morgan fingerprint density at radius 1 is 1.11 bits per heavy atom. The molecule has 5 rings (SSSR count). The molecule has 3 heterocycles. The number of hydrogen-bond acceptors (Lipinski definition) is 7. The number of nitrogens with two attached hydrogens (primary N) is 1. The summed E-state index contributed by atoms with van der Waals surface area (Å²) >= 11 is 12.8. The average molecular weight is 540 g/mol. The molecule has 1 aliphatic heterocycles. The number of amides is 1. The lowest BCUT2D eigenvalue weighted by atomic mass is 9.99. The Kier molecular flexibility index (Phi) is 7.19.